The van der Waals surface area contributed by atoms with Crippen LogP contribution >= 0.6 is 24.0 Å². The van der Waals surface area contributed by atoms with Crippen molar-refractivity contribution in [3.8, 4) is 0 Å². The SMILES string of the molecule is CN=C(NCCN(C)C1CCCCC1)N1CCC(C)(C)C1.I. The van der Waals surface area contributed by atoms with E-state index in [1.54, 1.807) is 0 Å². The topological polar surface area (TPSA) is 30.9 Å². The van der Waals surface area contributed by atoms with Gasteiger partial charge >= 0.3 is 0 Å². The van der Waals surface area contributed by atoms with E-state index < -0.39 is 0 Å². The third kappa shape index (κ3) is 5.87. The Morgan fingerprint density at radius 1 is 1.27 bits per heavy atom. The summed E-state index contributed by atoms with van der Waals surface area (Å²) in [6.45, 7) is 9.04. The molecule has 1 saturated carbocycles. The first-order valence-electron chi connectivity index (χ1n) is 8.68. The second-order valence-corrected chi connectivity index (χ2v) is 7.58. The van der Waals surface area contributed by atoms with Crippen molar-refractivity contribution in [1.82, 2.24) is 15.1 Å². The van der Waals surface area contributed by atoms with Gasteiger partial charge < -0.3 is 15.1 Å². The summed E-state index contributed by atoms with van der Waals surface area (Å²) in [6.07, 6.45) is 8.27. The van der Waals surface area contributed by atoms with Crippen LogP contribution < -0.4 is 5.32 Å². The highest BCUT2D eigenvalue weighted by Crippen LogP contribution is 2.28. The fourth-order valence-electron chi connectivity index (χ4n) is 3.67. The average molecular weight is 422 g/mol. The number of rotatable bonds is 4. The lowest BCUT2D eigenvalue weighted by Crippen LogP contribution is -2.45. The molecule has 2 fully saturated rings. The van der Waals surface area contributed by atoms with Crippen molar-refractivity contribution in [3.63, 3.8) is 0 Å². The van der Waals surface area contributed by atoms with Gasteiger partial charge in [-0.15, -0.1) is 24.0 Å². The first-order chi connectivity index (χ1) is 10.0. The van der Waals surface area contributed by atoms with E-state index in [9.17, 15) is 0 Å². The largest absolute Gasteiger partial charge is 0.355 e. The summed E-state index contributed by atoms with van der Waals surface area (Å²) in [5.41, 5.74) is 0.427. The van der Waals surface area contributed by atoms with Crippen LogP contribution in [-0.2, 0) is 0 Å². The minimum Gasteiger partial charge on any atom is -0.355 e. The monoisotopic (exact) mass is 422 g/mol. The van der Waals surface area contributed by atoms with E-state index in [2.05, 4.69) is 41.0 Å². The van der Waals surface area contributed by atoms with Crippen LogP contribution in [-0.4, -0.2) is 62.1 Å². The fraction of sp³-hybridized carbons (Fsp3) is 0.941. The Morgan fingerprint density at radius 2 is 1.95 bits per heavy atom. The van der Waals surface area contributed by atoms with Crippen LogP contribution in [0.5, 0.6) is 0 Å². The predicted octanol–water partition coefficient (Wildman–Crippen LogP) is 3.18. The van der Waals surface area contributed by atoms with Crippen LogP contribution in [0, 0.1) is 5.41 Å². The summed E-state index contributed by atoms with van der Waals surface area (Å²) < 4.78 is 0. The number of likely N-dealkylation sites (tertiary alicyclic amines) is 1. The molecule has 0 atom stereocenters. The Morgan fingerprint density at radius 3 is 2.50 bits per heavy atom. The second kappa shape index (κ2) is 9.30. The van der Waals surface area contributed by atoms with Crippen molar-refractivity contribution in [1.29, 1.82) is 0 Å². The van der Waals surface area contributed by atoms with Crippen molar-refractivity contribution < 1.29 is 0 Å². The molecular formula is C17H35IN4. The zero-order chi connectivity index (χ0) is 15.3. The summed E-state index contributed by atoms with van der Waals surface area (Å²) in [4.78, 5) is 9.40. The summed E-state index contributed by atoms with van der Waals surface area (Å²) in [5, 5.41) is 3.55. The van der Waals surface area contributed by atoms with Gasteiger partial charge in [-0.3, -0.25) is 4.99 Å². The molecule has 2 rings (SSSR count). The standard InChI is InChI=1S/C17H34N4.HI/c1-17(2)10-12-21(14-17)16(18-3)19-11-13-20(4)15-8-6-5-7-9-15;/h15H,5-14H2,1-4H3,(H,18,19);1H. The number of guanidine groups is 1. The molecule has 0 bridgehead atoms. The van der Waals surface area contributed by atoms with Gasteiger partial charge in [0.25, 0.3) is 0 Å². The molecule has 0 radical (unpaired) electrons. The maximum atomic E-state index is 4.46. The van der Waals surface area contributed by atoms with Gasteiger partial charge in [-0.1, -0.05) is 33.1 Å². The summed E-state index contributed by atoms with van der Waals surface area (Å²) >= 11 is 0. The highest BCUT2D eigenvalue weighted by atomic mass is 127. The van der Waals surface area contributed by atoms with Gasteiger partial charge in [-0.25, -0.2) is 0 Å². The van der Waals surface area contributed by atoms with E-state index in [1.165, 1.54) is 38.5 Å². The van der Waals surface area contributed by atoms with E-state index in [-0.39, 0.29) is 24.0 Å². The van der Waals surface area contributed by atoms with Gasteiger partial charge in [-0.2, -0.15) is 0 Å². The molecule has 4 nitrogen and oxygen atoms in total. The zero-order valence-electron chi connectivity index (χ0n) is 14.9. The molecule has 0 amide bonds. The summed E-state index contributed by atoms with van der Waals surface area (Å²) in [6, 6.07) is 0.799. The molecular weight excluding hydrogens is 387 g/mol. The lowest BCUT2D eigenvalue weighted by Gasteiger charge is -2.31. The molecule has 2 aliphatic rings. The normalized spacial score (nSPS) is 22.8. The van der Waals surface area contributed by atoms with E-state index >= 15 is 0 Å². The lowest BCUT2D eigenvalue weighted by atomic mass is 9.93. The number of likely N-dealkylation sites (N-methyl/N-ethyl adjacent to an activating group) is 1. The van der Waals surface area contributed by atoms with Crippen LogP contribution in [0.3, 0.4) is 0 Å². The van der Waals surface area contributed by atoms with Crippen molar-refractivity contribution >= 4 is 29.9 Å². The van der Waals surface area contributed by atoms with Gasteiger partial charge in [0.15, 0.2) is 5.96 Å². The van der Waals surface area contributed by atoms with Crippen molar-refractivity contribution in [2.75, 3.05) is 40.3 Å². The molecule has 130 valence electrons. The van der Waals surface area contributed by atoms with E-state index in [0.29, 0.717) is 5.41 Å². The fourth-order valence-corrected chi connectivity index (χ4v) is 3.67. The molecule has 0 aromatic rings. The Kier molecular flexibility index (Phi) is 8.46. The van der Waals surface area contributed by atoms with E-state index in [4.69, 9.17) is 0 Å². The summed E-state index contributed by atoms with van der Waals surface area (Å²) in [5.74, 6) is 1.08. The minimum absolute atomic E-state index is 0. The molecule has 1 saturated heterocycles. The minimum atomic E-state index is 0. The van der Waals surface area contributed by atoms with Gasteiger partial charge in [0.1, 0.15) is 0 Å². The molecule has 0 aromatic heterocycles. The number of halogens is 1. The Hall–Kier alpha value is -0.0400. The highest BCUT2D eigenvalue weighted by Gasteiger charge is 2.30. The maximum Gasteiger partial charge on any atom is 0.193 e. The molecule has 1 heterocycles. The first kappa shape index (κ1) is 20.0. The average Bonchev–Trinajstić information content (AvgIpc) is 2.84. The van der Waals surface area contributed by atoms with Crippen molar-refractivity contribution in [3.05, 3.63) is 0 Å². The summed E-state index contributed by atoms with van der Waals surface area (Å²) in [7, 11) is 4.18. The van der Waals surface area contributed by atoms with Gasteiger partial charge in [0.05, 0.1) is 0 Å². The lowest BCUT2D eigenvalue weighted by molar-refractivity contribution is 0.194. The number of nitrogens with one attached hydrogen (secondary N) is 1. The van der Waals surface area contributed by atoms with Crippen LogP contribution in [0.1, 0.15) is 52.4 Å². The molecule has 0 spiro atoms. The van der Waals surface area contributed by atoms with Gasteiger partial charge in [-0.05, 0) is 31.7 Å². The van der Waals surface area contributed by atoms with Gasteiger partial charge in [0, 0.05) is 39.3 Å². The Labute approximate surface area is 154 Å². The van der Waals surface area contributed by atoms with E-state index in [1.807, 2.05) is 7.05 Å². The quantitative estimate of drug-likeness (QED) is 0.429. The molecule has 1 aliphatic heterocycles. The second-order valence-electron chi connectivity index (χ2n) is 7.58. The zero-order valence-corrected chi connectivity index (χ0v) is 17.2. The molecule has 0 aromatic carbocycles. The third-order valence-corrected chi connectivity index (χ3v) is 5.13. The molecule has 0 unspecified atom stereocenters. The number of nitrogens with zero attached hydrogens (tertiary/aromatic N) is 3. The molecule has 22 heavy (non-hydrogen) atoms. The number of aliphatic imine (C=N–C) groups is 1. The third-order valence-electron chi connectivity index (χ3n) is 5.13. The van der Waals surface area contributed by atoms with Crippen LogP contribution in [0.25, 0.3) is 0 Å². The smallest absolute Gasteiger partial charge is 0.193 e. The van der Waals surface area contributed by atoms with Crippen LogP contribution in [0.4, 0.5) is 0 Å². The van der Waals surface area contributed by atoms with Crippen molar-refractivity contribution in [2.24, 2.45) is 10.4 Å². The Balaban J connectivity index is 0.00000242. The Bertz CT molecular complexity index is 351. The molecule has 1 aliphatic carbocycles. The maximum absolute atomic E-state index is 4.46. The number of hydrogen-bond acceptors (Lipinski definition) is 2. The number of hydrogen-bond donors (Lipinski definition) is 1. The first-order valence-corrected chi connectivity index (χ1v) is 8.68. The highest BCUT2D eigenvalue weighted by molar-refractivity contribution is 14.0. The van der Waals surface area contributed by atoms with Gasteiger partial charge in [0.2, 0.25) is 0 Å². The van der Waals surface area contributed by atoms with E-state index in [0.717, 1.165) is 38.2 Å². The van der Waals surface area contributed by atoms with Crippen LogP contribution in [0.15, 0.2) is 4.99 Å². The van der Waals surface area contributed by atoms with Crippen molar-refractivity contribution in [2.45, 2.75) is 58.4 Å². The predicted molar refractivity (Wildman–Crippen MR) is 106 cm³/mol. The molecule has 5 heteroatoms. The van der Waals surface area contributed by atoms with Crippen LogP contribution in [0.2, 0.25) is 0 Å². The molecule has 1 N–H and O–H groups in total.